The number of nitrogens with zero attached hydrogens (tertiary/aromatic N) is 2. The van der Waals surface area contributed by atoms with Gasteiger partial charge in [-0.1, -0.05) is 6.08 Å². The fourth-order valence-electron chi connectivity index (χ4n) is 2.85. The van der Waals surface area contributed by atoms with Gasteiger partial charge in [0.05, 0.1) is 0 Å². The topological polar surface area (TPSA) is 8.17 Å². The lowest BCUT2D eigenvalue weighted by Crippen LogP contribution is -2.53. The Morgan fingerprint density at radius 2 is 2.16 bits per heavy atom. The van der Waals surface area contributed by atoms with Crippen LogP contribution in [0.3, 0.4) is 0 Å². The fraction of sp³-hybridized carbons (Fsp3) is 0.0769. The molecule has 0 aromatic carbocycles. The number of fused-ring (bicyclic) bond motifs is 2. The van der Waals surface area contributed by atoms with Crippen molar-refractivity contribution in [2.75, 3.05) is 6.54 Å². The van der Waals surface area contributed by atoms with Crippen LogP contribution in [0.25, 0.3) is 5.57 Å². The number of rotatable bonds is 1. The second-order valence-electron chi connectivity index (χ2n) is 4.72. The maximum Gasteiger partial charge on any atom is 0.529 e. The van der Waals surface area contributed by atoms with E-state index in [0.29, 0.717) is 11.4 Å². The highest BCUT2D eigenvalue weighted by molar-refractivity contribution is 7.08. The first kappa shape index (κ1) is 11.0. The SMILES string of the molecule is F[B-]1(F)N2CC=CC2=C(c2ccsc2)c2cccn21. The minimum absolute atomic E-state index is 0.271. The van der Waals surface area contributed by atoms with Gasteiger partial charge in [-0.15, -0.1) is 0 Å². The van der Waals surface area contributed by atoms with Gasteiger partial charge < -0.3 is 17.9 Å². The summed E-state index contributed by atoms with van der Waals surface area (Å²) < 4.78 is 30.1. The summed E-state index contributed by atoms with van der Waals surface area (Å²) in [5.41, 5.74) is 3.13. The number of halogens is 2. The summed E-state index contributed by atoms with van der Waals surface area (Å²) >= 11 is 1.58. The van der Waals surface area contributed by atoms with E-state index in [1.807, 2.05) is 16.8 Å². The maximum absolute atomic E-state index is 14.5. The summed E-state index contributed by atoms with van der Waals surface area (Å²) in [5, 5.41) is 3.97. The van der Waals surface area contributed by atoms with Crippen LogP contribution in [0, 0.1) is 0 Å². The summed E-state index contributed by atoms with van der Waals surface area (Å²) in [6.07, 6.45) is 5.07. The lowest BCUT2D eigenvalue weighted by molar-refractivity contribution is 0.402. The van der Waals surface area contributed by atoms with Gasteiger partial charge in [-0.2, -0.15) is 11.3 Å². The quantitative estimate of drug-likeness (QED) is 0.724. The van der Waals surface area contributed by atoms with E-state index in [0.717, 1.165) is 15.6 Å². The highest BCUT2D eigenvalue weighted by atomic mass is 32.1. The van der Waals surface area contributed by atoms with Crippen molar-refractivity contribution in [3.63, 3.8) is 0 Å². The van der Waals surface area contributed by atoms with E-state index in [4.69, 9.17) is 0 Å². The van der Waals surface area contributed by atoms with Crippen molar-refractivity contribution in [1.29, 1.82) is 0 Å². The number of aromatic nitrogens is 1. The first-order valence-electron chi connectivity index (χ1n) is 6.09. The van der Waals surface area contributed by atoms with Gasteiger partial charge in [0.2, 0.25) is 0 Å². The molecule has 4 rings (SSSR count). The lowest BCUT2D eigenvalue weighted by atomic mass is 9.86. The summed E-state index contributed by atoms with van der Waals surface area (Å²) in [5.74, 6) is 0. The van der Waals surface area contributed by atoms with Crippen LogP contribution in [0.1, 0.15) is 11.3 Å². The second kappa shape index (κ2) is 3.60. The molecular formula is C13H10BF2N2S-. The van der Waals surface area contributed by atoms with E-state index in [2.05, 4.69) is 0 Å². The van der Waals surface area contributed by atoms with Gasteiger partial charge >= 0.3 is 6.97 Å². The number of hydrogen-bond acceptors (Lipinski definition) is 2. The molecule has 0 saturated heterocycles. The maximum atomic E-state index is 14.5. The van der Waals surface area contributed by atoms with Gasteiger partial charge in [-0.3, -0.25) is 0 Å². The van der Waals surface area contributed by atoms with Crippen LogP contribution in [-0.4, -0.2) is 22.8 Å². The minimum Gasteiger partial charge on any atom is -0.466 e. The van der Waals surface area contributed by atoms with E-state index in [1.54, 1.807) is 35.6 Å². The lowest BCUT2D eigenvalue weighted by Gasteiger charge is -2.45. The Labute approximate surface area is 113 Å². The summed E-state index contributed by atoms with van der Waals surface area (Å²) in [4.78, 5) is 1.21. The number of hydrogen-bond donors (Lipinski definition) is 0. The summed E-state index contributed by atoms with van der Waals surface area (Å²) in [6, 6.07) is 5.42. The average Bonchev–Trinajstić information content (AvgIpc) is 3.11. The molecule has 0 unspecified atom stereocenters. The zero-order valence-corrected chi connectivity index (χ0v) is 10.8. The highest BCUT2D eigenvalue weighted by Crippen LogP contribution is 2.41. The number of allylic oxidation sites excluding steroid dienone is 1. The van der Waals surface area contributed by atoms with E-state index in [1.165, 1.54) is 11.0 Å². The zero-order valence-electron chi connectivity index (χ0n) is 9.96. The average molecular weight is 275 g/mol. The normalized spacial score (nSPS) is 19.8. The molecule has 0 bridgehead atoms. The van der Waals surface area contributed by atoms with E-state index < -0.39 is 6.97 Å². The molecular weight excluding hydrogens is 265 g/mol. The smallest absolute Gasteiger partial charge is 0.466 e. The van der Waals surface area contributed by atoms with Crippen molar-refractivity contribution in [3.8, 4) is 0 Å². The molecule has 4 heterocycles. The zero-order chi connectivity index (χ0) is 13.0. The Hall–Kier alpha value is -1.82. The third kappa shape index (κ3) is 1.35. The van der Waals surface area contributed by atoms with Crippen LogP contribution < -0.4 is 0 Å². The van der Waals surface area contributed by atoms with Crippen molar-refractivity contribution < 1.29 is 8.63 Å². The number of thiophene rings is 1. The van der Waals surface area contributed by atoms with Gasteiger partial charge in [0.15, 0.2) is 0 Å². The molecule has 0 radical (unpaired) electrons. The molecule has 0 fully saturated rings. The summed E-state index contributed by atoms with van der Waals surface area (Å²) in [6.45, 7) is -3.45. The van der Waals surface area contributed by atoms with Crippen molar-refractivity contribution in [1.82, 2.24) is 9.29 Å². The van der Waals surface area contributed by atoms with Crippen molar-refractivity contribution in [2.45, 2.75) is 0 Å². The van der Waals surface area contributed by atoms with Gasteiger partial charge in [0.25, 0.3) is 0 Å². The molecule has 2 aliphatic heterocycles. The molecule has 19 heavy (non-hydrogen) atoms. The molecule has 0 saturated carbocycles. The molecule has 2 aliphatic rings. The molecule has 2 aromatic rings. The van der Waals surface area contributed by atoms with Gasteiger partial charge in [0.1, 0.15) is 0 Å². The van der Waals surface area contributed by atoms with Crippen LogP contribution in [0.15, 0.2) is 53.0 Å². The van der Waals surface area contributed by atoms with Crippen LogP contribution in [-0.2, 0) is 0 Å². The molecule has 0 atom stereocenters. The predicted molar refractivity (Wildman–Crippen MR) is 74.0 cm³/mol. The Kier molecular flexibility index (Phi) is 2.10. The molecule has 6 heteroatoms. The van der Waals surface area contributed by atoms with Crippen LogP contribution >= 0.6 is 11.3 Å². The van der Waals surface area contributed by atoms with Crippen molar-refractivity contribution in [2.24, 2.45) is 0 Å². The van der Waals surface area contributed by atoms with Crippen molar-refractivity contribution in [3.05, 3.63) is 64.3 Å². The van der Waals surface area contributed by atoms with E-state index >= 15 is 0 Å². The molecule has 0 spiro atoms. The monoisotopic (exact) mass is 275 g/mol. The third-order valence-corrected chi connectivity index (χ3v) is 4.38. The molecule has 0 N–H and O–H groups in total. The third-order valence-electron chi connectivity index (χ3n) is 3.70. The molecule has 2 aromatic heterocycles. The molecule has 0 amide bonds. The minimum atomic E-state index is -3.73. The van der Waals surface area contributed by atoms with Gasteiger partial charge in [0, 0.05) is 23.5 Å². The van der Waals surface area contributed by atoms with Crippen LogP contribution in [0.4, 0.5) is 8.63 Å². The Morgan fingerprint density at radius 3 is 2.95 bits per heavy atom. The van der Waals surface area contributed by atoms with Crippen LogP contribution in [0.5, 0.6) is 0 Å². The predicted octanol–water partition coefficient (Wildman–Crippen LogP) is 3.42. The first-order valence-corrected chi connectivity index (χ1v) is 7.03. The summed E-state index contributed by atoms with van der Waals surface area (Å²) in [7, 11) is 0. The van der Waals surface area contributed by atoms with Gasteiger partial charge in [-0.25, -0.2) is 0 Å². The first-order chi connectivity index (χ1) is 9.19. The van der Waals surface area contributed by atoms with Crippen LogP contribution in [0.2, 0.25) is 0 Å². The largest absolute Gasteiger partial charge is 0.529 e. The molecule has 96 valence electrons. The fourth-order valence-corrected chi connectivity index (χ4v) is 3.50. The standard InChI is InChI=1S/C13H10BF2N2S/c15-14(16)17-6-1-3-11(17)13(10-5-8-19-9-10)12-4-2-7-18(12)14/h1-6,8-9H,7H2/q-1. The second-order valence-corrected chi connectivity index (χ2v) is 5.50. The van der Waals surface area contributed by atoms with E-state index in [9.17, 15) is 8.63 Å². The Bertz CT molecular complexity index is 700. The van der Waals surface area contributed by atoms with Gasteiger partial charge in [-0.05, 0) is 46.8 Å². The van der Waals surface area contributed by atoms with Crippen molar-refractivity contribution >= 4 is 23.9 Å². The Balaban J connectivity index is 2.05. The Morgan fingerprint density at radius 1 is 1.26 bits per heavy atom. The molecule has 2 nitrogen and oxygen atoms in total. The highest BCUT2D eigenvalue weighted by Gasteiger charge is 2.42. The van der Waals surface area contributed by atoms with E-state index in [-0.39, 0.29) is 6.54 Å². The molecule has 0 aliphatic carbocycles.